The second kappa shape index (κ2) is 7.69. The number of rotatable bonds is 5. The average Bonchev–Trinajstić information content (AvgIpc) is 2.62. The van der Waals surface area contributed by atoms with Crippen LogP contribution in [0.4, 0.5) is 0 Å². The minimum Gasteiger partial charge on any atom is -0.396 e. The van der Waals surface area contributed by atoms with Crippen LogP contribution in [0.5, 0.6) is 0 Å². The van der Waals surface area contributed by atoms with E-state index in [1.165, 1.54) is 4.31 Å². The lowest BCUT2D eigenvalue weighted by Gasteiger charge is -2.41. The summed E-state index contributed by atoms with van der Waals surface area (Å²) in [6, 6.07) is 14.5. The molecule has 0 amide bonds. The highest BCUT2D eigenvalue weighted by Crippen LogP contribution is 2.36. The van der Waals surface area contributed by atoms with Crippen molar-refractivity contribution in [3.05, 3.63) is 64.7 Å². The molecule has 0 unspecified atom stereocenters. The number of aryl methyl sites for hydroxylation is 1. The molecule has 26 heavy (non-hydrogen) atoms. The second-order valence-corrected chi connectivity index (χ2v) is 9.60. The van der Waals surface area contributed by atoms with Crippen LogP contribution in [0, 0.1) is 12.3 Å². The summed E-state index contributed by atoms with van der Waals surface area (Å²) < 4.78 is 27.7. The van der Waals surface area contributed by atoms with Crippen molar-refractivity contribution >= 4 is 21.6 Å². The number of aliphatic hydroxyl groups excluding tert-OH is 1. The number of piperidine rings is 1. The van der Waals surface area contributed by atoms with E-state index in [-0.39, 0.29) is 6.61 Å². The monoisotopic (exact) mass is 393 g/mol. The Kier molecular flexibility index (Phi) is 5.72. The summed E-state index contributed by atoms with van der Waals surface area (Å²) >= 11 is 6.08. The molecule has 1 saturated heterocycles. The molecule has 4 nitrogen and oxygen atoms in total. The Morgan fingerprint density at radius 2 is 1.96 bits per heavy atom. The Balaban J connectivity index is 1.87. The van der Waals surface area contributed by atoms with Gasteiger partial charge in [0.15, 0.2) is 0 Å². The SMILES string of the molecule is Cc1cccc(S(=O)(=O)N2CCC[C@](CO)(Cc3cccc(Cl)c3)C2)c1. The van der Waals surface area contributed by atoms with Crippen molar-refractivity contribution in [3.63, 3.8) is 0 Å². The van der Waals surface area contributed by atoms with Crippen LogP contribution in [0.25, 0.3) is 0 Å². The Morgan fingerprint density at radius 3 is 2.65 bits per heavy atom. The van der Waals surface area contributed by atoms with Gasteiger partial charge in [-0.15, -0.1) is 0 Å². The minimum absolute atomic E-state index is 0.0562. The van der Waals surface area contributed by atoms with E-state index in [1.807, 2.05) is 37.3 Å². The van der Waals surface area contributed by atoms with Gasteiger partial charge in [-0.1, -0.05) is 35.9 Å². The largest absolute Gasteiger partial charge is 0.396 e. The molecule has 0 aromatic heterocycles. The van der Waals surface area contributed by atoms with Crippen LogP contribution in [0.15, 0.2) is 53.4 Å². The fraction of sp³-hybridized carbons (Fsp3) is 0.400. The van der Waals surface area contributed by atoms with Crippen molar-refractivity contribution < 1.29 is 13.5 Å². The maximum Gasteiger partial charge on any atom is 0.243 e. The molecule has 0 bridgehead atoms. The molecule has 2 aromatic rings. The zero-order valence-corrected chi connectivity index (χ0v) is 16.4. The molecule has 1 N–H and O–H groups in total. The molecular formula is C20H24ClNO3S. The molecule has 1 heterocycles. The second-order valence-electron chi connectivity index (χ2n) is 7.22. The molecule has 140 valence electrons. The predicted molar refractivity (Wildman–Crippen MR) is 104 cm³/mol. The van der Waals surface area contributed by atoms with Crippen LogP contribution in [-0.2, 0) is 16.4 Å². The zero-order valence-electron chi connectivity index (χ0n) is 14.9. The van der Waals surface area contributed by atoms with Crippen molar-refractivity contribution in [2.75, 3.05) is 19.7 Å². The van der Waals surface area contributed by atoms with Gasteiger partial charge in [-0.25, -0.2) is 8.42 Å². The van der Waals surface area contributed by atoms with Gasteiger partial charge in [0.25, 0.3) is 0 Å². The van der Waals surface area contributed by atoms with E-state index in [9.17, 15) is 13.5 Å². The predicted octanol–water partition coefficient (Wildman–Crippen LogP) is 3.65. The molecule has 6 heteroatoms. The van der Waals surface area contributed by atoms with Gasteiger partial charge in [0.1, 0.15) is 0 Å². The number of sulfonamides is 1. The van der Waals surface area contributed by atoms with Gasteiger partial charge in [0.05, 0.1) is 11.5 Å². The lowest BCUT2D eigenvalue weighted by atomic mass is 9.76. The first-order valence-electron chi connectivity index (χ1n) is 8.77. The van der Waals surface area contributed by atoms with Gasteiger partial charge >= 0.3 is 0 Å². The third kappa shape index (κ3) is 4.12. The molecule has 1 aliphatic rings. The lowest BCUT2D eigenvalue weighted by Crippen LogP contribution is -2.48. The van der Waals surface area contributed by atoms with Gasteiger partial charge in [0.2, 0.25) is 10.0 Å². The van der Waals surface area contributed by atoms with Crippen LogP contribution in [-0.4, -0.2) is 37.5 Å². The van der Waals surface area contributed by atoms with Crippen LogP contribution < -0.4 is 0 Å². The van der Waals surface area contributed by atoms with Gasteiger partial charge in [-0.2, -0.15) is 4.31 Å². The van der Waals surface area contributed by atoms with Gasteiger partial charge in [-0.3, -0.25) is 0 Å². The maximum atomic E-state index is 13.1. The first kappa shape index (κ1) is 19.4. The fourth-order valence-corrected chi connectivity index (χ4v) is 5.61. The minimum atomic E-state index is -3.57. The molecule has 1 aliphatic heterocycles. The van der Waals surface area contributed by atoms with E-state index < -0.39 is 15.4 Å². The molecule has 0 radical (unpaired) electrons. The Labute approximate surface area is 160 Å². The van der Waals surface area contributed by atoms with Gasteiger partial charge in [-0.05, 0) is 61.6 Å². The Hall–Kier alpha value is -1.40. The summed E-state index contributed by atoms with van der Waals surface area (Å²) in [7, 11) is -3.57. The maximum absolute atomic E-state index is 13.1. The van der Waals surface area contributed by atoms with Crippen LogP contribution in [0.1, 0.15) is 24.0 Å². The quantitative estimate of drug-likeness (QED) is 0.843. The zero-order chi connectivity index (χ0) is 18.8. The summed E-state index contributed by atoms with van der Waals surface area (Å²) in [5, 5.41) is 10.8. The molecule has 1 fully saturated rings. The Bertz CT molecular complexity index is 884. The molecular weight excluding hydrogens is 370 g/mol. The highest BCUT2D eigenvalue weighted by molar-refractivity contribution is 7.89. The molecule has 3 rings (SSSR count). The van der Waals surface area contributed by atoms with E-state index in [2.05, 4.69) is 0 Å². The first-order valence-corrected chi connectivity index (χ1v) is 10.6. The standard InChI is InChI=1S/C20H24ClNO3S/c1-16-5-2-8-19(11-16)26(24,25)22-10-4-9-20(14-22,15-23)13-17-6-3-7-18(21)12-17/h2-3,5-8,11-12,23H,4,9-10,13-15H2,1H3/t20-/m0/s1. The van der Waals surface area contributed by atoms with E-state index >= 15 is 0 Å². The van der Waals surface area contributed by atoms with Crippen LogP contribution in [0.2, 0.25) is 5.02 Å². The normalized spacial score (nSPS) is 21.7. The summed E-state index contributed by atoms with van der Waals surface area (Å²) in [5.41, 5.74) is 1.44. The van der Waals surface area contributed by atoms with Gasteiger partial charge < -0.3 is 5.11 Å². The van der Waals surface area contributed by atoms with Gasteiger partial charge in [0, 0.05) is 23.5 Å². The topological polar surface area (TPSA) is 57.6 Å². The molecule has 0 saturated carbocycles. The van der Waals surface area contributed by atoms with Crippen molar-refractivity contribution in [3.8, 4) is 0 Å². The molecule has 2 aromatic carbocycles. The van der Waals surface area contributed by atoms with E-state index in [0.29, 0.717) is 29.4 Å². The molecule has 1 atom stereocenters. The lowest BCUT2D eigenvalue weighted by molar-refractivity contribution is 0.0645. The van der Waals surface area contributed by atoms with E-state index in [4.69, 9.17) is 11.6 Å². The first-order chi connectivity index (χ1) is 12.3. The number of nitrogens with zero attached hydrogens (tertiary/aromatic N) is 1. The van der Waals surface area contributed by atoms with Crippen LogP contribution >= 0.6 is 11.6 Å². The molecule has 0 aliphatic carbocycles. The summed E-state index contributed by atoms with van der Waals surface area (Å²) in [6.45, 7) is 2.62. The van der Waals surface area contributed by atoms with Crippen molar-refractivity contribution in [1.29, 1.82) is 0 Å². The number of aliphatic hydroxyl groups is 1. The fourth-order valence-electron chi connectivity index (χ4n) is 3.70. The summed E-state index contributed by atoms with van der Waals surface area (Å²) in [4.78, 5) is 0.314. The smallest absolute Gasteiger partial charge is 0.243 e. The number of benzene rings is 2. The molecule has 0 spiro atoms. The summed E-state index contributed by atoms with van der Waals surface area (Å²) in [5.74, 6) is 0. The van der Waals surface area contributed by atoms with Crippen molar-refractivity contribution in [1.82, 2.24) is 4.31 Å². The average molecular weight is 394 g/mol. The summed E-state index contributed by atoms with van der Waals surface area (Å²) in [6.07, 6.45) is 2.12. The highest BCUT2D eigenvalue weighted by atomic mass is 35.5. The Morgan fingerprint density at radius 1 is 1.19 bits per heavy atom. The van der Waals surface area contributed by atoms with Crippen LogP contribution in [0.3, 0.4) is 0 Å². The van der Waals surface area contributed by atoms with E-state index in [0.717, 1.165) is 24.0 Å². The number of hydrogen-bond donors (Lipinski definition) is 1. The third-order valence-electron chi connectivity index (χ3n) is 5.06. The number of halogens is 1. The van der Waals surface area contributed by atoms with Crippen molar-refractivity contribution in [2.24, 2.45) is 5.41 Å². The highest BCUT2D eigenvalue weighted by Gasteiger charge is 2.39. The number of hydrogen-bond acceptors (Lipinski definition) is 3. The third-order valence-corrected chi connectivity index (χ3v) is 7.13. The van der Waals surface area contributed by atoms with E-state index in [1.54, 1.807) is 18.2 Å². The van der Waals surface area contributed by atoms with Crippen molar-refractivity contribution in [2.45, 2.75) is 31.1 Å².